The largest absolute Gasteiger partial charge is 0.496 e. The zero-order valence-electron chi connectivity index (χ0n) is 12.6. The first-order valence-corrected chi connectivity index (χ1v) is 8.72. The van der Waals surface area contributed by atoms with Gasteiger partial charge in [-0.2, -0.15) is 0 Å². The average Bonchev–Trinajstić information content (AvgIpc) is 2.53. The molecule has 0 aliphatic carbocycles. The second kappa shape index (κ2) is 5.85. The number of aromatic nitrogens is 2. The van der Waals surface area contributed by atoms with E-state index < -0.39 is 10.0 Å². The van der Waals surface area contributed by atoms with Crippen LogP contribution in [-0.4, -0.2) is 31.8 Å². The van der Waals surface area contributed by atoms with Crippen molar-refractivity contribution in [2.45, 2.75) is 0 Å². The number of hydrogen-bond donors (Lipinski definition) is 1. The fourth-order valence-electron chi connectivity index (χ4n) is 2.41. The van der Waals surface area contributed by atoms with E-state index in [1.807, 2.05) is 12.1 Å². The smallest absolute Gasteiger partial charge is 0.229 e. The van der Waals surface area contributed by atoms with Crippen LogP contribution in [0.3, 0.4) is 0 Å². The van der Waals surface area contributed by atoms with E-state index in [2.05, 4.69) is 14.7 Å². The molecule has 0 atom stereocenters. The fourth-order valence-corrected chi connectivity index (χ4v) is 2.96. The third-order valence-electron chi connectivity index (χ3n) is 3.32. The van der Waals surface area contributed by atoms with Gasteiger partial charge in [0, 0.05) is 35.0 Å². The minimum atomic E-state index is -3.34. The van der Waals surface area contributed by atoms with Crippen LogP contribution in [0.25, 0.3) is 22.0 Å². The molecule has 0 bridgehead atoms. The number of nitrogens with one attached hydrogen (secondary N) is 1. The van der Waals surface area contributed by atoms with Gasteiger partial charge in [0.25, 0.3) is 0 Å². The molecule has 0 aliphatic heterocycles. The molecule has 0 fully saturated rings. The molecule has 0 unspecified atom stereocenters. The Morgan fingerprint density at radius 3 is 2.70 bits per heavy atom. The van der Waals surface area contributed by atoms with Gasteiger partial charge in [0.2, 0.25) is 10.0 Å². The number of rotatable bonds is 4. The Kier molecular flexibility index (Phi) is 3.87. The summed E-state index contributed by atoms with van der Waals surface area (Å²) < 4.78 is 30.6. The summed E-state index contributed by atoms with van der Waals surface area (Å²) in [5, 5.41) is 0.949. The predicted octanol–water partition coefficient (Wildman–Crippen LogP) is 2.68. The lowest BCUT2D eigenvalue weighted by Crippen LogP contribution is -2.09. The number of ether oxygens (including phenoxy) is 1. The first-order chi connectivity index (χ1) is 11.0. The van der Waals surface area contributed by atoms with E-state index in [0.717, 1.165) is 28.3 Å². The van der Waals surface area contributed by atoms with Crippen LogP contribution in [-0.2, 0) is 10.0 Å². The lowest BCUT2D eigenvalue weighted by molar-refractivity contribution is 0.416. The number of anilines is 1. The second-order valence-electron chi connectivity index (χ2n) is 5.05. The van der Waals surface area contributed by atoms with Crippen molar-refractivity contribution in [3.63, 3.8) is 0 Å². The van der Waals surface area contributed by atoms with E-state index in [4.69, 9.17) is 4.74 Å². The monoisotopic (exact) mass is 329 g/mol. The Bertz CT molecular complexity index is 966. The molecular formula is C16H15N3O3S. The molecule has 0 saturated heterocycles. The van der Waals surface area contributed by atoms with Crippen molar-refractivity contribution in [1.29, 1.82) is 0 Å². The highest BCUT2D eigenvalue weighted by Gasteiger charge is 2.12. The minimum absolute atomic E-state index is 0.444. The van der Waals surface area contributed by atoms with Crippen molar-refractivity contribution in [3.8, 4) is 16.9 Å². The minimum Gasteiger partial charge on any atom is -0.496 e. The molecular weight excluding hydrogens is 314 g/mol. The van der Waals surface area contributed by atoms with Gasteiger partial charge in [0.15, 0.2) is 0 Å². The standard InChI is InChI=1S/C16H15N3O3S/c1-22-16-8-11(19-23(2,20)21)5-6-13(16)14-9-17-10-15-12(14)4-3-7-18-15/h3-10,19H,1-2H3. The first kappa shape index (κ1) is 15.2. The normalized spacial score (nSPS) is 11.4. The number of sulfonamides is 1. The molecule has 6 nitrogen and oxygen atoms in total. The zero-order valence-corrected chi connectivity index (χ0v) is 13.5. The molecule has 7 heteroatoms. The third kappa shape index (κ3) is 3.24. The summed E-state index contributed by atoms with van der Waals surface area (Å²) in [5.41, 5.74) is 2.92. The van der Waals surface area contributed by atoms with Gasteiger partial charge in [-0.25, -0.2) is 8.42 Å². The van der Waals surface area contributed by atoms with Gasteiger partial charge in [-0.15, -0.1) is 0 Å². The maximum Gasteiger partial charge on any atom is 0.229 e. The summed E-state index contributed by atoms with van der Waals surface area (Å²) >= 11 is 0. The molecule has 2 heterocycles. The number of hydrogen-bond acceptors (Lipinski definition) is 5. The van der Waals surface area contributed by atoms with E-state index in [9.17, 15) is 8.42 Å². The molecule has 3 aromatic rings. The predicted molar refractivity (Wildman–Crippen MR) is 90.0 cm³/mol. The van der Waals surface area contributed by atoms with Gasteiger partial charge in [-0.05, 0) is 18.2 Å². The second-order valence-corrected chi connectivity index (χ2v) is 6.79. The maximum atomic E-state index is 11.4. The Balaban J connectivity index is 2.15. The number of nitrogens with zero attached hydrogens (tertiary/aromatic N) is 2. The Labute approximate surface area is 134 Å². The van der Waals surface area contributed by atoms with Crippen LogP contribution in [0.4, 0.5) is 5.69 Å². The summed E-state index contributed by atoms with van der Waals surface area (Å²) in [5.74, 6) is 0.553. The van der Waals surface area contributed by atoms with Crippen LogP contribution in [0.1, 0.15) is 0 Å². The first-order valence-electron chi connectivity index (χ1n) is 6.83. The van der Waals surface area contributed by atoms with E-state index in [1.165, 1.54) is 0 Å². The van der Waals surface area contributed by atoms with Gasteiger partial charge in [0.1, 0.15) is 5.75 Å². The van der Waals surface area contributed by atoms with E-state index in [-0.39, 0.29) is 0 Å². The Morgan fingerprint density at radius 2 is 1.96 bits per heavy atom. The summed E-state index contributed by atoms with van der Waals surface area (Å²) in [7, 11) is -1.80. The lowest BCUT2D eigenvalue weighted by atomic mass is 10.0. The molecule has 1 N–H and O–H groups in total. The Hall–Kier alpha value is -2.67. The number of fused-ring (bicyclic) bond motifs is 1. The van der Waals surface area contributed by atoms with Gasteiger partial charge < -0.3 is 4.74 Å². The molecule has 0 aliphatic rings. The lowest BCUT2D eigenvalue weighted by Gasteiger charge is -2.13. The molecule has 3 rings (SSSR count). The van der Waals surface area contributed by atoms with Crippen LogP contribution in [0.15, 0.2) is 48.9 Å². The molecule has 118 valence electrons. The molecule has 2 aromatic heterocycles. The van der Waals surface area contributed by atoms with Gasteiger partial charge >= 0.3 is 0 Å². The Morgan fingerprint density at radius 1 is 1.13 bits per heavy atom. The highest BCUT2D eigenvalue weighted by molar-refractivity contribution is 7.92. The van der Waals surface area contributed by atoms with Gasteiger partial charge in [0.05, 0.1) is 30.8 Å². The summed E-state index contributed by atoms with van der Waals surface area (Å²) in [6, 6.07) is 8.95. The van der Waals surface area contributed by atoms with Crippen LogP contribution in [0, 0.1) is 0 Å². The molecule has 0 saturated carbocycles. The topological polar surface area (TPSA) is 81.2 Å². The summed E-state index contributed by atoms with van der Waals surface area (Å²) in [6.45, 7) is 0. The zero-order chi connectivity index (χ0) is 16.4. The van der Waals surface area contributed by atoms with Gasteiger partial charge in [-0.3, -0.25) is 14.7 Å². The van der Waals surface area contributed by atoms with E-state index >= 15 is 0 Å². The molecule has 0 spiro atoms. The van der Waals surface area contributed by atoms with Crippen LogP contribution >= 0.6 is 0 Å². The maximum absolute atomic E-state index is 11.4. The van der Waals surface area contributed by atoms with E-state index in [0.29, 0.717) is 11.4 Å². The molecule has 0 radical (unpaired) electrons. The number of benzene rings is 1. The van der Waals surface area contributed by atoms with Crippen LogP contribution in [0.2, 0.25) is 0 Å². The van der Waals surface area contributed by atoms with Gasteiger partial charge in [-0.1, -0.05) is 6.07 Å². The summed E-state index contributed by atoms with van der Waals surface area (Å²) in [6.07, 6.45) is 6.26. The summed E-state index contributed by atoms with van der Waals surface area (Å²) in [4.78, 5) is 8.51. The van der Waals surface area contributed by atoms with Crippen molar-refractivity contribution < 1.29 is 13.2 Å². The highest BCUT2D eigenvalue weighted by Crippen LogP contribution is 2.35. The quantitative estimate of drug-likeness (QED) is 0.796. The van der Waals surface area contributed by atoms with Crippen molar-refractivity contribution in [3.05, 3.63) is 48.9 Å². The molecule has 0 amide bonds. The van der Waals surface area contributed by atoms with Crippen LogP contribution in [0.5, 0.6) is 5.75 Å². The van der Waals surface area contributed by atoms with Crippen molar-refractivity contribution >= 4 is 26.6 Å². The number of methoxy groups -OCH3 is 1. The van der Waals surface area contributed by atoms with Crippen molar-refractivity contribution in [2.24, 2.45) is 0 Å². The third-order valence-corrected chi connectivity index (χ3v) is 3.93. The SMILES string of the molecule is COc1cc(NS(C)(=O)=O)ccc1-c1cncc2ncccc12. The highest BCUT2D eigenvalue weighted by atomic mass is 32.2. The van der Waals surface area contributed by atoms with E-state index in [1.54, 1.807) is 43.9 Å². The molecule has 23 heavy (non-hydrogen) atoms. The van der Waals surface area contributed by atoms with Crippen molar-refractivity contribution in [1.82, 2.24) is 9.97 Å². The fraction of sp³-hybridized carbons (Fsp3) is 0.125. The van der Waals surface area contributed by atoms with Crippen molar-refractivity contribution in [2.75, 3.05) is 18.1 Å². The number of pyridine rings is 2. The van der Waals surface area contributed by atoms with Crippen LogP contribution < -0.4 is 9.46 Å². The average molecular weight is 329 g/mol. The molecule has 1 aromatic carbocycles.